The second kappa shape index (κ2) is 7.40. The Kier molecular flexibility index (Phi) is 4.87. The molecule has 29 heavy (non-hydrogen) atoms. The zero-order valence-corrected chi connectivity index (χ0v) is 17.1. The molecule has 4 saturated carbocycles. The molecule has 4 bridgehead atoms. The Balaban J connectivity index is 1.26. The maximum atomic E-state index is 14.4. The van der Waals surface area contributed by atoms with Gasteiger partial charge >= 0.3 is 0 Å². The van der Waals surface area contributed by atoms with E-state index in [1.54, 1.807) is 0 Å². The van der Waals surface area contributed by atoms with Gasteiger partial charge in [0.1, 0.15) is 0 Å². The van der Waals surface area contributed by atoms with Crippen LogP contribution in [0.3, 0.4) is 0 Å². The van der Waals surface area contributed by atoms with Crippen LogP contribution >= 0.6 is 11.6 Å². The van der Waals surface area contributed by atoms with Gasteiger partial charge < -0.3 is 16.4 Å². The molecule has 7 heteroatoms. The summed E-state index contributed by atoms with van der Waals surface area (Å²) in [6.45, 7) is 1.23. The average Bonchev–Trinajstić information content (AvgIpc) is 2.71. The summed E-state index contributed by atoms with van der Waals surface area (Å²) in [6.07, 6.45) is 7.30. The summed E-state index contributed by atoms with van der Waals surface area (Å²) in [5, 5.41) is 7.12. The first kappa shape index (κ1) is 19.1. The van der Waals surface area contributed by atoms with Gasteiger partial charge in [-0.05, 0) is 66.9 Å². The summed E-state index contributed by atoms with van der Waals surface area (Å²) >= 11 is 6.19. The van der Waals surface area contributed by atoms with E-state index in [2.05, 4.69) is 20.6 Å². The van der Waals surface area contributed by atoms with Crippen LogP contribution in [0.25, 0.3) is 0 Å². The van der Waals surface area contributed by atoms with Crippen LogP contribution < -0.4 is 16.4 Å². The van der Waals surface area contributed by atoms with Gasteiger partial charge in [0, 0.05) is 24.2 Å². The van der Waals surface area contributed by atoms with E-state index < -0.39 is 5.82 Å². The molecule has 6 rings (SSSR count). The zero-order valence-electron chi connectivity index (χ0n) is 16.4. The number of nitrogens with zero attached hydrogens (tertiary/aromatic N) is 2. The highest BCUT2D eigenvalue weighted by Gasteiger charge is 2.54. The van der Waals surface area contributed by atoms with Crippen LogP contribution in [-0.2, 0) is 6.54 Å². The number of benzene rings is 1. The van der Waals surface area contributed by atoms with E-state index in [0.717, 1.165) is 30.9 Å². The Labute approximate surface area is 175 Å². The molecule has 0 radical (unpaired) electrons. The summed E-state index contributed by atoms with van der Waals surface area (Å²) in [4.78, 5) is 8.44. The van der Waals surface area contributed by atoms with Crippen molar-refractivity contribution in [2.45, 2.75) is 44.7 Å². The first-order valence-corrected chi connectivity index (χ1v) is 10.9. The van der Waals surface area contributed by atoms with Crippen molar-refractivity contribution < 1.29 is 4.39 Å². The van der Waals surface area contributed by atoms with Crippen LogP contribution in [0, 0.1) is 29.0 Å². The van der Waals surface area contributed by atoms with Gasteiger partial charge in [0.2, 0.25) is 5.95 Å². The van der Waals surface area contributed by atoms with E-state index >= 15 is 0 Å². The number of aromatic nitrogens is 2. The molecule has 1 aromatic carbocycles. The highest BCUT2D eigenvalue weighted by atomic mass is 35.5. The SMILES string of the molecule is NC1[C@@H]2CC3C[C@H]1CC(CNc1nc(NCc4ccccc4Cl)ncc1F)(C3)C2. The van der Waals surface area contributed by atoms with E-state index in [9.17, 15) is 4.39 Å². The second-order valence-electron chi connectivity index (χ2n) is 9.24. The molecule has 1 heterocycles. The number of halogens is 2. The Morgan fingerprint density at radius 2 is 1.90 bits per heavy atom. The number of hydrogen-bond acceptors (Lipinski definition) is 5. The number of hydrogen-bond donors (Lipinski definition) is 3. The van der Waals surface area contributed by atoms with Crippen molar-refractivity contribution in [3.63, 3.8) is 0 Å². The lowest BCUT2D eigenvalue weighted by Crippen LogP contribution is -2.58. The number of anilines is 2. The predicted molar refractivity (Wildman–Crippen MR) is 113 cm³/mol. The third kappa shape index (κ3) is 3.68. The van der Waals surface area contributed by atoms with Crippen molar-refractivity contribution in [2.75, 3.05) is 17.2 Å². The van der Waals surface area contributed by atoms with Crippen LogP contribution in [0.15, 0.2) is 30.5 Å². The monoisotopic (exact) mass is 415 g/mol. The predicted octanol–water partition coefficient (Wildman–Crippen LogP) is 4.45. The molecule has 154 valence electrons. The largest absolute Gasteiger partial charge is 0.367 e. The van der Waals surface area contributed by atoms with Crippen LogP contribution in [0.1, 0.15) is 37.7 Å². The van der Waals surface area contributed by atoms with Crippen LogP contribution in [0.5, 0.6) is 0 Å². The molecule has 0 saturated heterocycles. The Bertz CT molecular complexity index is 891. The summed E-state index contributed by atoms with van der Waals surface area (Å²) in [5.41, 5.74) is 7.63. The summed E-state index contributed by atoms with van der Waals surface area (Å²) in [6, 6.07) is 7.96. The average molecular weight is 416 g/mol. The topological polar surface area (TPSA) is 75.9 Å². The second-order valence-corrected chi connectivity index (χ2v) is 9.64. The zero-order chi connectivity index (χ0) is 20.0. The molecular formula is C22H27ClFN5. The fourth-order valence-electron chi connectivity index (χ4n) is 6.11. The summed E-state index contributed by atoms with van der Waals surface area (Å²) in [5.74, 6) is 2.28. The molecule has 0 aliphatic heterocycles. The molecule has 5 nitrogen and oxygen atoms in total. The third-order valence-corrected chi connectivity index (χ3v) is 7.61. The molecule has 0 amide bonds. The minimum absolute atomic E-state index is 0.231. The first-order chi connectivity index (χ1) is 14.0. The van der Waals surface area contributed by atoms with Crippen molar-refractivity contribution in [3.8, 4) is 0 Å². The van der Waals surface area contributed by atoms with Crippen molar-refractivity contribution in [3.05, 3.63) is 46.9 Å². The highest BCUT2D eigenvalue weighted by molar-refractivity contribution is 6.31. The third-order valence-electron chi connectivity index (χ3n) is 7.24. The van der Waals surface area contributed by atoms with Crippen molar-refractivity contribution in [1.29, 1.82) is 0 Å². The molecule has 4 N–H and O–H groups in total. The number of rotatable bonds is 6. The van der Waals surface area contributed by atoms with Crippen molar-refractivity contribution >= 4 is 23.4 Å². The molecule has 4 aliphatic carbocycles. The molecule has 2 aromatic rings. The lowest BCUT2D eigenvalue weighted by atomic mass is 9.48. The van der Waals surface area contributed by atoms with Crippen molar-refractivity contribution in [1.82, 2.24) is 9.97 Å². The van der Waals surface area contributed by atoms with Gasteiger partial charge in [-0.3, -0.25) is 0 Å². The number of nitrogens with two attached hydrogens (primary N) is 1. The van der Waals surface area contributed by atoms with Gasteiger partial charge in [-0.25, -0.2) is 9.37 Å². The van der Waals surface area contributed by atoms with Gasteiger partial charge in [0.15, 0.2) is 11.6 Å². The maximum absolute atomic E-state index is 14.4. The molecule has 1 aromatic heterocycles. The molecule has 4 aliphatic rings. The van der Waals surface area contributed by atoms with Crippen LogP contribution in [0.2, 0.25) is 5.02 Å². The molecule has 0 spiro atoms. The Hall–Kier alpha value is -1.92. The van der Waals surface area contributed by atoms with E-state index in [-0.39, 0.29) is 11.2 Å². The quantitative estimate of drug-likeness (QED) is 0.650. The smallest absolute Gasteiger partial charge is 0.225 e. The molecule has 5 atom stereocenters. The first-order valence-electron chi connectivity index (χ1n) is 10.5. The van der Waals surface area contributed by atoms with Gasteiger partial charge in [-0.1, -0.05) is 29.8 Å². The molecule has 3 unspecified atom stereocenters. The fourth-order valence-corrected chi connectivity index (χ4v) is 6.31. The van der Waals surface area contributed by atoms with Crippen LogP contribution in [0.4, 0.5) is 16.2 Å². The summed E-state index contributed by atoms with van der Waals surface area (Å²) < 4.78 is 14.4. The Morgan fingerprint density at radius 1 is 1.14 bits per heavy atom. The minimum Gasteiger partial charge on any atom is -0.367 e. The maximum Gasteiger partial charge on any atom is 0.225 e. The molecular weight excluding hydrogens is 389 g/mol. The lowest BCUT2D eigenvalue weighted by Gasteiger charge is -2.59. The van der Waals surface area contributed by atoms with E-state index in [4.69, 9.17) is 17.3 Å². The standard InChI is InChI=1S/C22H27ClFN5/c23-17-4-2-1-3-14(17)10-26-21-27-11-18(24)20(29-21)28-12-22-7-13-5-15(8-22)19(25)16(6-13)9-22/h1-4,11,13,15-16,19H,5-10,12,25H2,(H2,26,27,28,29)/t13?,15-,16+,19?,22?. The minimum atomic E-state index is -0.422. The van der Waals surface area contributed by atoms with E-state index in [1.165, 1.54) is 25.5 Å². The van der Waals surface area contributed by atoms with Crippen molar-refractivity contribution in [2.24, 2.45) is 28.9 Å². The van der Waals surface area contributed by atoms with Crippen LogP contribution in [-0.4, -0.2) is 22.6 Å². The number of nitrogens with one attached hydrogen (secondary N) is 2. The summed E-state index contributed by atoms with van der Waals surface area (Å²) in [7, 11) is 0. The fraction of sp³-hybridized carbons (Fsp3) is 0.545. The van der Waals surface area contributed by atoms with E-state index in [1.807, 2.05) is 24.3 Å². The van der Waals surface area contributed by atoms with Gasteiger partial charge in [0.25, 0.3) is 0 Å². The Morgan fingerprint density at radius 3 is 2.66 bits per heavy atom. The highest BCUT2D eigenvalue weighted by Crippen LogP contribution is 2.59. The van der Waals surface area contributed by atoms with Gasteiger partial charge in [-0.15, -0.1) is 0 Å². The van der Waals surface area contributed by atoms with Gasteiger partial charge in [-0.2, -0.15) is 4.98 Å². The lowest BCUT2D eigenvalue weighted by molar-refractivity contribution is -0.0591. The van der Waals surface area contributed by atoms with E-state index in [0.29, 0.717) is 35.4 Å². The normalized spacial score (nSPS) is 32.4. The van der Waals surface area contributed by atoms with Gasteiger partial charge in [0.05, 0.1) is 6.20 Å². The molecule has 4 fully saturated rings.